The average Bonchev–Trinajstić information content (AvgIpc) is 3.14. The van der Waals surface area contributed by atoms with E-state index in [1.165, 1.54) is 24.6 Å². The van der Waals surface area contributed by atoms with Crippen LogP contribution in [0.2, 0.25) is 0 Å². The summed E-state index contributed by atoms with van der Waals surface area (Å²) in [7, 11) is -3.51. The Labute approximate surface area is 156 Å². The number of rotatable bonds is 8. The van der Waals surface area contributed by atoms with Crippen molar-refractivity contribution in [2.45, 2.75) is 56.6 Å². The Kier molecular flexibility index (Phi) is 6.45. The van der Waals surface area contributed by atoms with Crippen LogP contribution in [0.5, 0.6) is 0 Å². The van der Waals surface area contributed by atoms with Gasteiger partial charge in [0, 0.05) is 25.6 Å². The highest BCUT2D eigenvalue weighted by molar-refractivity contribution is 7.89. The molecule has 0 saturated carbocycles. The zero-order valence-electron chi connectivity index (χ0n) is 15.3. The van der Waals surface area contributed by atoms with E-state index >= 15 is 0 Å². The molecule has 6 nitrogen and oxygen atoms in total. The lowest BCUT2D eigenvalue weighted by Crippen LogP contribution is -2.41. The summed E-state index contributed by atoms with van der Waals surface area (Å²) in [5.74, 6) is 0.687. The van der Waals surface area contributed by atoms with E-state index < -0.39 is 10.0 Å². The first-order chi connectivity index (χ1) is 12.6. The minimum absolute atomic E-state index is 0.152. The summed E-state index contributed by atoms with van der Waals surface area (Å²) in [4.78, 5) is 9.42. The Hall–Kier alpha value is -1.70. The van der Waals surface area contributed by atoms with E-state index in [4.69, 9.17) is 0 Å². The normalized spacial score (nSPS) is 18.9. The fraction of sp³-hybridized carbons (Fsp3) is 0.526. The number of benzene rings is 1. The number of hydrogen-bond donors (Lipinski definition) is 2. The molecule has 0 radical (unpaired) electrons. The highest BCUT2D eigenvalue weighted by atomic mass is 32.2. The van der Waals surface area contributed by atoms with Crippen molar-refractivity contribution in [3.63, 3.8) is 0 Å². The molecule has 1 fully saturated rings. The molecular weight excluding hydrogens is 348 g/mol. The van der Waals surface area contributed by atoms with Gasteiger partial charge in [0.2, 0.25) is 0 Å². The second kappa shape index (κ2) is 8.79. The molecule has 3 rings (SSSR count). The summed E-state index contributed by atoms with van der Waals surface area (Å²) in [6.07, 6.45) is 6.45. The fourth-order valence-corrected chi connectivity index (χ4v) is 4.50. The van der Waals surface area contributed by atoms with Crippen LogP contribution in [0.4, 0.5) is 0 Å². The summed E-state index contributed by atoms with van der Waals surface area (Å²) < 4.78 is 27.5. The molecule has 1 unspecified atom stereocenters. The number of piperidine rings is 1. The van der Waals surface area contributed by atoms with Gasteiger partial charge in [-0.25, -0.2) is 18.1 Å². The molecule has 1 aliphatic heterocycles. The maximum atomic E-state index is 12.4. The lowest BCUT2D eigenvalue weighted by molar-refractivity contribution is 0.133. The number of sulfonamides is 1. The first-order valence-corrected chi connectivity index (χ1v) is 10.9. The number of nitrogens with one attached hydrogen (secondary N) is 2. The van der Waals surface area contributed by atoms with Crippen molar-refractivity contribution in [1.29, 1.82) is 0 Å². The van der Waals surface area contributed by atoms with Crippen molar-refractivity contribution in [2.75, 3.05) is 13.1 Å². The van der Waals surface area contributed by atoms with Crippen LogP contribution in [0.15, 0.2) is 41.6 Å². The fourth-order valence-electron chi connectivity index (χ4n) is 3.51. The molecule has 142 valence electrons. The average molecular weight is 377 g/mol. The third kappa shape index (κ3) is 4.93. The van der Waals surface area contributed by atoms with Crippen LogP contribution in [0.1, 0.15) is 44.0 Å². The molecule has 1 saturated heterocycles. The molecule has 26 heavy (non-hydrogen) atoms. The van der Waals surface area contributed by atoms with Gasteiger partial charge < -0.3 is 4.98 Å². The quantitative estimate of drug-likeness (QED) is 0.742. The lowest BCUT2D eigenvalue weighted by atomic mass is 9.98. The molecule has 0 spiro atoms. The summed E-state index contributed by atoms with van der Waals surface area (Å²) >= 11 is 0. The molecule has 1 aliphatic rings. The molecule has 2 heterocycles. The van der Waals surface area contributed by atoms with Crippen LogP contribution >= 0.6 is 0 Å². The van der Waals surface area contributed by atoms with Gasteiger partial charge in [-0.3, -0.25) is 4.90 Å². The molecule has 0 bridgehead atoms. The summed E-state index contributed by atoms with van der Waals surface area (Å²) in [5, 5.41) is 0.152. The first kappa shape index (κ1) is 19.1. The van der Waals surface area contributed by atoms with Crippen molar-refractivity contribution in [2.24, 2.45) is 0 Å². The van der Waals surface area contributed by atoms with Gasteiger partial charge in [-0.15, -0.1) is 0 Å². The number of imidazole rings is 1. The van der Waals surface area contributed by atoms with Gasteiger partial charge in [-0.2, -0.15) is 0 Å². The third-order valence-corrected chi connectivity index (χ3v) is 6.35. The summed E-state index contributed by atoms with van der Waals surface area (Å²) in [6.45, 7) is 4.39. The molecule has 0 aliphatic carbocycles. The number of aromatic amines is 1. The highest BCUT2D eigenvalue weighted by Crippen LogP contribution is 2.22. The predicted octanol–water partition coefficient (Wildman–Crippen LogP) is 2.70. The Morgan fingerprint density at radius 2 is 2.08 bits per heavy atom. The van der Waals surface area contributed by atoms with Gasteiger partial charge in [0.25, 0.3) is 10.0 Å². The Morgan fingerprint density at radius 1 is 1.27 bits per heavy atom. The van der Waals surface area contributed by atoms with Gasteiger partial charge >= 0.3 is 0 Å². The Bertz CT molecular complexity index is 789. The standard InChI is InChI=1S/C19H28N4O2S/c1-2-18-20-14-19(22-18)26(24,25)21-12-11-17-10-6-7-13-23(17)15-16-8-4-3-5-9-16/h3-5,8-9,14,17,21H,2,6-7,10-13,15H2,1H3,(H,20,22). The first-order valence-electron chi connectivity index (χ1n) is 9.40. The van der Waals surface area contributed by atoms with Crippen molar-refractivity contribution in [3.8, 4) is 0 Å². The zero-order valence-corrected chi connectivity index (χ0v) is 16.1. The molecule has 2 N–H and O–H groups in total. The van der Waals surface area contributed by atoms with Crippen LogP contribution in [-0.4, -0.2) is 42.4 Å². The van der Waals surface area contributed by atoms with E-state index in [9.17, 15) is 8.42 Å². The minimum atomic E-state index is -3.51. The van der Waals surface area contributed by atoms with Crippen LogP contribution in [-0.2, 0) is 23.0 Å². The van der Waals surface area contributed by atoms with E-state index in [1.54, 1.807) is 0 Å². The molecule has 1 aromatic heterocycles. The lowest BCUT2D eigenvalue weighted by Gasteiger charge is -2.36. The van der Waals surface area contributed by atoms with Gasteiger partial charge in [0.1, 0.15) is 5.82 Å². The maximum absolute atomic E-state index is 12.4. The van der Waals surface area contributed by atoms with E-state index in [2.05, 4.69) is 43.9 Å². The monoisotopic (exact) mass is 376 g/mol. The van der Waals surface area contributed by atoms with Gasteiger partial charge in [-0.05, 0) is 31.4 Å². The number of H-pyrrole nitrogens is 1. The molecule has 1 atom stereocenters. The topological polar surface area (TPSA) is 78.1 Å². The number of aryl methyl sites for hydroxylation is 1. The SMILES string of the molecule is CCc1ncc(S(=O)(=O)NCCC2CCCCN2Cc2ccccc2)[nH]1. The van der Waals surface area contributed by atoms with Crippen molar-refractivity contribution >= 4 is 10.0 Å². The zero-order chi connectivity index (χ0) is 18.4. The second-order valence-corrected chi connectivity index (χ2v) is 8.58. The number of nitrogens with zero attached hydrogens (tertiary/aromatic N) is 2. The van der Waals surface area contributed by atoms with E-state index in [1.807, 2.05) is 13.0 Å². The van der Waals surface area contributed by atoms with Gasteiger partial charge in [0.05, 0.1) is 6.20 Å². The van der Waals surface area contributed by atoms with Gasteiger partial charge in [-0.1, -0.05) is 43.7 Å². The van der Waals surface area contributed by atoms with E-state index in [0.29, 0.717) is 24.8 Å². The third-order valence-electron chi connectivity index (χ3n) is 4.98. The molecule has 7 heteroatoms. The minimum Gasteiger partial charge on any atom is -0.332 e. The van der Waals surface area contributed by atoms with E-state index in [0.717, 1.165) is 25.9 Å². The number of hydrogen-bond acceptors (Lipinski definition) is 4. The molecule has 1 aromatic carbocycles. The molecule has 0 amide bonds. The van der Waals surface area contributed by atoms with Crippen molar-refractivity contribution in [3.05, 3.63) is 47.9 Å². The summed E-state index contributed by atoms with van der Waals surface area (Å²) in [5.41, 5.74) is 1.31. The van der Waals surface area contributed by atoms with Crippen molar-refractivity contribution in [1.82, 2.24) is 19.6 Å². The van der Waals surface area contributed by atoms with Crippen LogP contribution in [0.25, 0.3) is 0 Å². The number of likely N-dealkylation sites (tertiary alicyclic amines) is 1. The predicted molar refractivity (Wildman–Crippen MR) is 102 cm³/mol. The Morgan fingerprint density at radius 3 is 2.81 bits per heavy atom. The van der Waals surface area contributed by atoms with Crippen LogP contribution in [0, 0.1) is 0 Å². The molecule has 2 aromatic rings. The van der Waals surface area contributed by atoms with E-state index in [-0.39, 0.29) is 5.03 Å². The second-order valence-electron chi connectivity index (χ2n) is 6.84. The summed E-state index contributed by atoms with van der Waals surface area (Å²) in [6, 6.07) is 10.9. The maximum Gasteiger partial charge on any atom is 0.257 e. The highest BCUT2D eigenvalue weighted by Gasteiger charge is 2.23. The largest absolute Gasteiger partial charge is 0.332 e. The van der Waals surface area contributed by atoms with Crippen molar-refractivity contribution < 1.29 is 8.42 Å². The van der Waals surface area contributed by atoms with Gasteiger partial charge in [0.15, 0.2) is 5.03 Å². The van der Waals surface area contributed by atoms with Crippen LogP contribution < -0.4 is 4.72 Å². The molecular formula is C19H28N4O2S. The Balaban J connectivity index is 1.55. The number of aromatic nitrogens is 2. The van der Waals surface area contributed by atoms with Crippen LogP contribution in [0.3, 0.4) is 0 Å². The smallest absolute Gasteiger partial charge is 0.257 e.